The molecule has 0 aromatic carbocycles. The second-order valence-corrected chi connectivity index (χ2v) is 12.0. The minimum Gasteiger partial charge on any atom is -0.444 e. The van der Waals surface area contributed by atoms with Crippen LogP contribution in [0, 0.1) is 11.8 Å². The van der Waals surface area contributed by atoms with E-state index in [2.05, 4.69) is 10.6 Å². The largest absolute Gasteiger partial charge is 0.509 e. The molecule has 11 nitrogen and oxygen atoms in total. The molecule has 0 bridgehead atoms. The number of amides is 2. The first-order valence-electron chi connectivity index (χ1n) is 12.0. The summed E-state index contributed by atoms with van der Waals surface area (Å²) < 4.78 is 22.9. The fourth-order valence-corrected chi connectivity index (χ4v) is 5.30. The van der Waals surface area contributed by atoms with E-state index in [1.165, 1.54) is 0 Å². The van der Waals surface area contributed by atoms with Gasteiger partial charge in [-0.05, 0) is 41.5 Å². The number of hydrogen-bond donors (Lipinski definition) is 2. The van der Waals surface area contributed by atoms with E-state index in [9.17, 15) is 14.4 Å². The molecular formula is C23H38N4O7. The average molecular weight is 483 g/mol. The molecule has 11 heteroatoms. The minimum atomic E-state index is -0.865. The van der Waals surface area contributed by atoms with Crippen LogP contribution in [-0.2, 0) is 18.9 Å². The first-order chi connectivity index (χ1) is 15.7. The molecule has 4 atom stereocenters. The molecule has 0 saturated carbocycles. The molecule has 2 N–H and O–H groups in total. The molecule has 4 fully saturated rings. The highest BCUT2D eigenvalue weighted by Crippen LogP contribution is 2.39. The first-order valence-corrected chi connectivity index (χ1v) is 12.0. The van der Waals surface area contributed by atoms with Crippen LogP contribution < -0.4 is 10.6 Å². The number of carbonyl (C=O) groups excluding carboxylic acids is 3. The van der Waals surface area contributed by atoms with Gasteiger partial charge >= 0.3 is 18.3 Å². The normalized spacial score (nSPS) is 32.9. The van der Waals surface area contributed by atoms with Gasteiger partial charge in [0.2, 0.25) is 0 Å². The van der Waals surface area contributed by atoms with Gasteiger partial charge in [0, 0.05) is 51.1 Å². The van der Waals surface area contributed by atoms with E-state index >= 15 is 0 Å². The van der Waals surface area contributed by atoms with Crippen LogP contribution in [0.2, 0.25) is 0 Å². The van der Waals surface area contributed by atoms with E-state index < -0.39 is 40.7 Å². The summed E-state index contributed by atoms with van der Waals surface area (Å²) >= 11 is 0. The summed E-state index contributed by atoms with van der Waals surface area (Å²) in [7, 11) is 0. The summed E-state index contributed by atoms with van der Waals surface area (Å²) in [6.45, 7) is 14.4. The number of nitrogens with one attached hydrogen (secondary N) is 2. The Balaban J connectivity index is 1.40. The molecule has 4 saturated heterocycles. The van der Waals surface area contributed by atoms with Gasteiger partial charge in [-0.3, -0.25) is 0 Å². The van der Waals surface area contributed by atoms with Crippen molar-refractivity contribution in [3.8, 4) is 0 Å². The number of fused-ring (bicyclic) bond motifs is 2. The molecule has 4 heterocycles. The fraction of sp³-hybridized carbons (Fsp3) is 0.870. The van der Waals surface area contributed by atoms with E-state index in [1.54, 1.807) is 9.80 Å². The first kappa shape index (κ1) is 24.8. The predicted molar refractivity (Wildman–Crippen MR) is 121 cm³/mol. The lowest BCUT2D eigenvalue weighted by Crippen LogP contribution is -2.50. The van der Waals surface area contributed by atoms with Crippen LogP contribution >= 0.6 is 0 Å². The van der Waals surface area contributed by atoms with Crippen LogP contribution in [0.25, 0.3) is 0 Å². The molecular weight excluding hydrogens is 444 g/mol. The highest BCUT2D eigenvalue weighted by molar-refractivity contribution is 5.70. The van der Waals surface area contributed by atoms with Gasteiger partial charge in [0.1, 0.15) is 11.2 Å². The molecule has 192 valence electrons. The summed E-state index contributed by atoms with van der Waals surface area (Å²) in [4.78, 5) is 41.5. The third-order valence-corrected chi connectivity index (χ3v) is 6.79. The smallest absolute Gasteiger partial charge is 0.444 e. The number of hydrogen-bond acceptors (Lipinski definition) is 9. The maximum absolute atomic E-state index is 13.1. The third-order valence-electron chi connectivity index (χ3n) is 6.79. The standard InChI is InChI=1S/C23H38N4O7/c1-20(2,3)31-17(28)26-9-15-7-24-11-22(15,13-26)33-19(30)34-23-12-25-8-16(23)10-27(14-23)18(29)32-21(4,5)6/h15-16,24-25H,7-14H2,1-6H3. The number of carbonyl (C=O) groups is 3. The van der Waals surface area contributed by atoms with Crippen molar-refractivity contribution in [3.05, 3.63) is 0 Å². The van der Waals surface area contributed by atoms with E-state index in [1.807, 2.05) is 41.5 Å². The van der Waals surface area contributed by atoms with Crippen LogP contribution in [0.5, 0.6) is 0 Å². The van der Waals surface area contributed by atoms with Gasteiger partial charge in [0.05, 0.1) is 13.1 Å². The second-order valence-electron chi connectivity index (χ2n) is 12.0. The molecule has 2 amide bonds. The Morgan fingerprint density at radius 1 is 0.735 bits per heavy atom. The average Bonchev–Trinajstić information content (AvgIpc) is 3.36. The number of nitrogens with zero attached hydrogens (tertiary/aromatic N) is 2. The van der Waals surface area contributed by atoms with Crippen molar-refractivity contribution in [2.45, 2.75) is 63.9 Å². The zero-order valence-electron chi connectivity index (χ0n) is 21.1. The van der Waals surface area contributed by atoms with Gasteiger partial charge in [0.25, 0.3) is 0 Å². The second kappa shape index (κ2) is 8.44. The van der Waals surface area contributed by atoms with E-state index in [-0.39, 0.29) is 24.9 Å². The van der Waals surface area contributed by atoms with E-state index in [4.69, 9.17) is 18.9 Å². The van der Waals surface area contributed by atoms with E-state index in [0.717, 1.165) is 0 Å². The Morgan fingerprint density at radius 2 is 1.12 bits per heavy atom. The fourth-order valence-electron chi connectivity index (χ4n) is 5.30. The van der Waals surface area contributed by atoms with Gasteiger partial charge in [-0.25, -0.2) is 14.4 Å². The van der Waals surface area contributed by atoms with Crippen molar-refractivity contribution < 1.29 is 33.3 Å². The molecule has 0 spiro atoms. The monoisotopic (exact) mass is 482 g/mol. The van der Waals surface area contributed by atoms with E-state index in [0.29, 0.717) is 39.3 Å². The zero-order chi connectivity index (χ0) is 24.9. The SMILES string of the molecule is CC(C)(C)OC(=O)N1CC2CNCC2(OC(=O)OC23CNCC2CN(C(=O)OC(C)(C)C)C3)C1. The van der Waals surface area contributed by atoms with Crippen molar-refractivity contribution in [1.82, 2.24) is 20.4 Å². The highest BCUT2D eigenvalue weighted by atomic mass is 16.7. The summed E-state index contributed by atoms with van der Waals surface area (Å²) in [6.07, 6.45) is -1.61. The molecule has 4 aliphatic heterocycles. The van der Waals surface area contributed by atoms with Gasteiger partial charge in [0.15, 0.2) is 11.2 Å². The molecule has 4 aliphatic rings. The topological polar surface area (TPSA) is 119 Å². The quantitative estimate of drug-likeness (QED) is 0.446. The van der Waals surface area contributed by atoms with Gasteiger partial charge in [-0.1, -0.05) is 0 Å². The van der Waals surface area contributed by atoms with Crippen molar-refractivity contribution in [2.75, 3.05) is 52.4 Å². The maximum atomic E-state index is 13.1. The number of ether oxygens (including phenoxy) is 4. The van der Waals surface area contributed by atoms with Crippen LogP contribution in [0.4, 0.5) is 14.4 Å². The molecule has 34 heavy (non-hydrogen) atoms. The Morgan fingerprint density at radius 3 is 1.47 bits per heavy atom. The molecule has 4 unspecified atom stereocenters. The molecule has 0 aromatic heterocycles. The van der Waals surface area contributed by atoms with Crippen LogP contribution in [-0.4, -0.2) is 103 Å². The van der Waals surface area contributed by atoms with Gasteiger partial charge in [-0.2, -0.15) is 0 Å². The van der Waals surface area contributed by atoms with Crippen molar-refractivity contribution in [2.24, 2.45) is 11.8 Å². The minimum absolute atomic E-state index is 0.0515. The van der Waals surface area contributed by atoms with Crippen molar-refractivity contribution in [3.63, 3.8) is 0 Å². The van der Waals surface area contributed by atoms with Crippen molar-refractivity contribution >= 4 is 18.3 Å². The Hall–Kier alpha value is -2.27. The Labute approximate surface area is 200 Å². The summed E-state index contributed by atoms with van der Waals surface area (Å²) in [5.41, 5.74) is -2.94. The maximum Gasteiger partial charge on any atom is 0.509 e. The van der Waals surface area contributed by atoms with Gasteiger partial charge in [-0.15, -0.1) is 0 Å². The van der Waals surface area contributed by atoms with Gasteiger partial charge < -0.3 is 39.4 Å². The lowest BCUT2D eigenvalue weighted by Gasteiger charge is -2.32. The Bertz CT molecular complexity index is 772. The lowest BCUT2D eigenvalue weighted by atomic mass is 9.94. The number of rotatable bonds is 2. The summed E-state index contributed by atoms with van der Waals surface area (Å²) in [5, 5.41) is 6.53. The molecule has 0 radical (unpaired) electrons. The third kappa shape index (κ3) is 5.05. The highest BCUT2D eigenvalue weighted by Gasteiger charge is 2.58. The predicted octanol–water partition coefficient (Wildman–Crippen LogP) is 1.56. The van der Waals surface area contributed by atoms with Crippen LogP contribution in [0.15, 0.2) is 0 Å². The van der Waals surface area contributed by atoms with Crippen molar-refractivity contribution in [1.29, 1.82) is 0 Å². The summed E-state index contributed by atoms with van der Waals surface area (Å²) in [6, 6.07) is 0. The molecule has 0 aromatic rings. The summed E-state index contributed by atoms with van der Waals surface area (Å²) in [5.74, 6) is -0.103. The molecule has 0 aliphatic carbocycles. The Kier molecular flexibility index (Phi) is 6.17. The lowest BCUT2D eigenvalue weighted by molar-refractivity contribution is -0.0790. The number of likely N-dealkylation sites (tertiary alicyclic amines) is 2. The van der Waals surface area contributed by atoms with Crippen LogP contribution in [0.1, 0.15) is 41.5 Å². The van der Waals surface area contributed by atoms with Crippen LogP contribution in [0.3, 0.4) is 0 Å². The zero-order valence-corrected chi connectivity index (χ0v) is 21.1. The molecule has 4 rings (SSSR count).